The first kappa shape index (κ1) is 17.1. The fourth-order valence-corrected chi connectivity index (χ4v) is 2.63. The van der Waals surface area contributed by atoms with Crippen LogP contribution in [0.1, 0.15) is 40.0 Å². The molecule has 0 spiro atoms. The first-order valence-corrected chi connectivity index (χ1v) is 7.73. The van der Waals surface area contributed by atoms with Crippen LogP contribution in [0.4, 0.5) is 16.2 Å². The fourth-order valence-electron chi connectivity index (χ4n) is 2.63. The van der Waals surface area contributed by atoms with E-state index in [2.05, 4.69) is 10.6 Å². The highest BCUT2D eigenvalue weighted by Crippen LogP contribution is 2.24. The maximum absolute atomic E-state index is 11.8. The largest absolute Gasteiger partial charge is 0.444 e. The third-order valence-corrected chi connectivity index (χ3v) is 3.60. The average molecular weight is 321 g/mol. The Morgan fingerprint density at radius 2 is 1.83 bits per heavy atom. The van der Waals surface area contributed by atoms with E-state index in [0.29, 0.717) is 0 Å². The third-order valence-electron chi connectivity index (χ3n) is 3.60. The summed E-state index contributed by atoms with van der Waals surface area (Å²) >= 11 is 0. The Morgan fingerprint density at radius 3 is 2.39 bits per heavy atom. The number of non-ortho nitro benzene ring substituents is 1. The smallest absolute Gasteiger partial charge is 0.407 e. The van der Waals surface area contributed by atoms with Crippen molar-refractivity contribution >= 4 is 17.5 Å². The Balaban J connectivity index is 1.81. The molecule has 2 atom stereocenters. The molecule has 1 amide bonds. The molecular formula is C16H23N3O4. The predicted molar refractivity (Wildman–Crippen MR) is 87.5 cm³/mol. The molecule has 1 aromatic carbocycles. The summed E-state index contributed by atoms with van der Waals surface area (Å²) in [6.45, 7) is 5.50. The second-order valence-corrected chi connectivity index (χ2v) is 6.80. The zero-order valence-corrected chi connectivity index (χ0v) is 13.7. The van der Waals surface area contributed by atoms with Gasteiger partial charge >= 0.3 is 6.09 Å². The molecule has 0 heterocycles. The van der Waals surface area contributed by atoms with Gasteiger partial charge in [0.05, 0.1) is 4.92 Å². The van der Waals surface area contributed by atoms with Gasteiger partial charge in [-0.05, 0) is 52.2 Å². The summed E-state index contributed by atoms with van der Waals surface area (Å²) in [6, 6.07) is 6.68. The minimum absolute atomic E-state index is 0.0754. The van der Waals surface area contributed by atoms with Crippen molar-refractivity contribution in [1.29, 1.82) is 0 Å². The number of hydrogen-bond acceptors (Lipinski definition) is 5. The number of nitrogens with one attached hydrogen (secondary N) is 2. The summed E-state index contributed by atoms with van der Waals surface area (Å²) in [4.78, 5) is 22.0. The number of alkyl carbamates (subject to hydrolysis) is 1. The normalized spacial score (nSPS) is 20.8. The Bertz CT molecular complexity index is 566. The quantitative estimate of drug-likeness (QED) is 0.654. The van der Waals surface area contributed by atoms with Gasteiger partial charge in [-0.1, -0.05) is 0 Å². The highest BCUT2D eigenvalue weighted by molar-refractivity contribution is 5.68. The van der Waals surface area contributed by atoms with E-state index in [1.807, 2.05) is 20.8 Å². The lowest BCUT2D eigenvalue weighted by molar-refractivity contribution is -0.384. The number of nitro benzene ring substituents is 1. The average Bonchev–Trinajstić information content (AvgIpc) is 2.84. The first-order chi connectivity index (χ1) is 10.7. The van der Waals surface area contributed by atoms with Crippen molar-refractivity contribution in [2.24, 2.45) is 0 Å². The number of nitro groups is 1. The van der Waals surface area contributed by atoms with Crippen molar-refractivity contribution < 1.29 is 14.5 Å². The topological polar surface area (TPSA) is 93.5 Å². The molecule has 1 aliphatic rings. The van der Waals surface area contributed by atoms with Crippen LogP contribution < -0.4 is 10.6 Å². The summed E-state index contributed by atoms with van der Waals surface area (Å²) < 4.78 is 5.25. The van der Waals surface area contributed by atoms with Gasteiger partial charge in [0.2, 0.25) is 0 Å². The number of benzene rings is 1. The maximum atomic E-state index is 11.8. The highest BCUT2D eigenvalue weighted by Gasteiger charge is 2.27. The van der Waals surface area contributed by atoms with E-state index in [1.165, 1.54) is 12.1 Å². The molecule has 23 heavy (non-hydrogen) atoms. The molecule has 1 fully saturated rings. The Hall–Kier alpha value is -2.31. The standard InChI is InChI=1S/C16H23N3O4/c1-16(2,3)23-15(20)18-13-5-4-12(10-13)17-11-6-8-14(9-7-11)19(21)22/h6-9,12-13,17H,4-5,10H2,1-3H3,(H,18,20). The molecule has 2 unspecified atom stereocenters. The van der Waals surface area contributed by atoms with Crippen molar-refractivity contribution in [2.45, 2.75) is 57.7 Å². The second-order valence-electron chi connectivity index (χ2n) is 6.80. The van der Waals surface area contributed by atoms with Gasteiger partial charge in [0.1, 0.15) is 5.60 Å². The van der Waals surface area contributed by atoms with Crippen molar-refractivity contribution in [3.63, 3.8) is 0 Å². The van der Waals surface area contributed by atoms with Crippen molar-refractivity contribution in [1.82, 2.24) is 5.32 Å². The van der Waals surface area contributed by atoms with Gasteiger partial charge < -0.3 is 15.4 Å². The van der Waals surface area contributed by atoms with Crippen molar-refractivity contribution in [3.05, 3.63) is 34.4 Å². The molecule has 0 radical (unpaired) electrons. The number of carbonyl (C=O) groups excluding carboxylic acids is 1. The van der Waals surface area contributed by atoms with Gasteiger partial charge in [0.25, 0.3) is 5.69 Å². The van der Waals surface area contributed by atoms with E-state index in [0.717, 1.165) is 24.9 Å². The van der Waals surface area contributed by atoms with Gasteiger partial charge in [0, 0.05) is 29.9 Å². The molecule has 0 aliphatic heterocycles. The van der Waals surface area contributed by atoms with E-state index in [4.69, 9.17) is 4.74 Å². The SMILES string of the molecule is CC(C)(C)OC(=O)NC1CCC(Nc2ccc([N+](=O)[O-])cc2)C1. The molecular weight excluding hydrogens is 298 g/mol. The van der Waals surface area contributed by atoms with E-state index in [1.54, 1.807) is 12.1 Å². The van der Waals surface area contributed by atoms with Gasteiger partial charge in [-0.2, -0.15) is 0 Å². The van der Waals surface area contributed by atoms with Crippen LogP contribution in [0.3, 0.4) is 0 Å². The molecule has 1 saturated carbocycles. The van der Waals surface area contributed by atoms with Gasteiger partial charge in [-0.15, -0.1) is 0 Å². The van der Waals surface area contributed by atoms with Gasteiger partial charge in [-0.25, -0.2) is 4.79 Å². The molecule has 7 nitrogen and oxygen atoms in total. The molecule has 2 N–H and O–H groups in total. The molecule has 0 bridgehead atoms. The Morgan fingerprint density at radius 1 is 1.22 bits per heavy atom. The highest BCUT2D eigenvalue weighted by atomic mass is 16.6. The molecule has 1 aromatic rings. The maximum Gasteiger partial charge on any atom is 0.407 e. The summed E-state index contributed by atoms with van der Waals surface area (Å²) in [6.07, 6.45) is 2.22. The minimum Gasteiger partial charge on any atom is -0.444 e. The monoisotopic (exact) mass is 321 g/mol. The first-order valence-electron chi connectivity index (χ1n) is 7.73. The molecule has 126 valence electrons. The Kier molecular flexibility index (Phi) is 5.08. The lowest BCUT2D eigenvalue weighted by Crippen LogP contribution is -2.38. The summed E-state index contributed by atoms with van der Waals surface area (Å²) in [5, 5.41) is 16.9. The number of ether oxygens (including phenoxy) is 1. The number of rotatable bonds is 4. The van der Waals surface area contributed by atoms with Crippen LogP contribution in [0.5, 0.6) is 0 Å². The third kappa shape index (κ3) is 5.43. The van der Waals surface area contributed by atoms with Crippen LogP contribution in [-0.2, 0) is 4.74 Å². The molecule has 2 rings (SSSR count). The molecule has 7 heteroatoms. The second kappa shape index (κ2) is 6.85. The van der Waals surface area contributed by atoms with E-state index in [-0.39, 0.29) is 17.8 Å². The number of hydrogen-bond donors (Lipinski definition) is 2. The summed E-state index contributed by atoms with van der Waals surface area (Å²) in [7, 11) is 0. The lowest BCUT2D eigenvalue weighted by Gasteiger charge is -2.22. The minimum atomic E-state index is -0.501. The van der Waals surface area contributed by atoms with E-state index in [9.17, 15) is 14.9 Å². The predicted octanol–water partition coefficient (Wildman–Crippen LogP) is 3.45. The summed E-state index contributed by atoms with van der Waals surface area (Å²) in [5.41, 5.74) is 0.420. The van der Waals surface area contributed by atoms with Crippen LogP contribution >= 0.6 is 0 Å². The molecule has 1 aliphatic carbocycles. The van der Waals surface area contributed by atoms with Crippen LogP contribution in [-0.4, -0.2) is 28.7 Å². The van der Waals surface area contributed by atoms with Crippen LogP contribution in [0, 0.1) is 10.1 Å². The zero-order chi connectivity index (χ0) is 17.0. The molecule has 0 saturated heterocycles. The Labute approximate surface area is 135 Å². The van der Waals surface area contributed by atoms with Crippen molar-refractivity contribution in [3.8, 4) is 0 Å². The van der Waals surface area contributed by atoms with E-state index >= 15 is 0 Å². The zero-order valence-electron chi connectivity index (χ0n) is 13.7. The fraction of sp³-hybridized carbons (Fsp3) is 0.562. The summed E-state index contributed by atoms with van der Waals surface area (Å²) in [5.74, 6) is 0. The van der Waals surface area contributed by atoms with Crippen LogP contribution in [0.2, 0.25) is 0 Å². The lowest BCUT2D eigenvalue weighted by atomic mass is 10.2. The van der Waals surface area contributed by atoms with Gasteiger partial charge in [-0.3, -0.25) is 10.1 Å². The van der Waals surface area contributed by atoms with Crippen LogP contribution in [0.25, 0.3) is 0 Å². The van der Waals surface area contributed by atoms with Crippen LogP contribution in [0.15, 0.2) is 24.3 Å². The number of carbonyl (C=O) groups is 1. The number of nitrogens with zero attached hydrogens (tertiary/aromatic N) is 1. The van der Waals surface area contributed by atoms with Crippen molar-refractivity contribution in [2.75, 3.05) is 5.32 Å². The number of amides is 1. The molecule has 0 aromatic heterocycles. The number of anilines is 1. The van der Waals surface area contributed by atoms with E-state index < -0.39 is 16.6 Å². The van der Waals surface area contributed by atoms with Gasteiger partial charge in [0.15, 0.2) is 0 Å².